The van der Waals surface area contributed by atoms with Gasteiger partial charge in [-0.1, -0.05) is 24.6 Å². The van der Waals surface area contributed by atoms with Gasteiger partial charge in [0.1, 0.15) is 12.2 Å². The number of hydrogen-bond acceptors (Lipinski definition) is 8. The van der Waals surface area contributed by atoms with Gasteiger partial charge in [-0.25, -0.2) is 9.78 Å². The Hall–Kier alpha value is -1.52. The predicted octanol–water partition coefficient (Wildman–Crippen LogP) is 3.18. The van der Waals surface area contributed by atoms with Gasteiger partial charge in [-0.15, -0.1) is 0 Å². The van der Waals surface area contributed by atoms with Crippen molar-refractivity contribution >= 4 is 16.1 Å². The van der Waals surface area contributed by atoms with E-state index in [0.29, 0.717) is 6.42 Å². The highest BCUT2D eigenvalue weighted by Crippen LogP contribution is 2.13. The van der Waals surface area contributed by atoms with Crippen molar-refractivity contribution in [2.45, 2.75) is 64.1 Å². The fourth-order valence-electron chi connectivity index (χ4n) is 2.12. The molecule has 0 aliphatic rings. The van der Waals surface area contributed by atoms with E-state index in [9.17, 15) is 13.2 Å². The van der Waals surface area contributed by atoms with E-state index in [0.717, 1.165) is 5.56 Å². The lowest BCUT2D eigenvalue weighted by Crippen LogP contribution is -2.25. The van der Waals surface area contributed by atoms with Crippen LogP contribution < -0.4 is 0 Å². The van der Waals surface area contributed by atoms with E-state index < -0.39 is 15.7 Å². The first-order valence-electron chi connectivity index (χ1n) is 9.57. The largest absolute Gasteiger partial charge is 0.460 e. The summed E-state index contributed by atoms with van der Waals surface area (Å²) < 4.78 is 39.9. The summed E-state index contributed by atoms with van der Waals surface area (Å²) in [5.74, 6) is -0.365. The number of esters is 1. The maximum absolute atomic E-state index is 12.1. The van der Waals surface area contributed by atoms with Gasteiger partial charge in [0, 0.05) is 0 Å². The summed E-state index contributed by atoms with van der Waals surface area (Å²) in [6, 6.07) is 6.42. The van der Waals surface area contributed by atoms with Crippen LogP contribution in [0.1, 0.15) is 46.1 Å². The molecule has 0 saturated carbocycles. The Morgan fingerprint density at radius 1 is 1.03 bits per heavy atom. The molecule has 0 amide bonds. The molecule has 1 rings (SSSR count). The molecule has 0 saturated heterocycles. The molecule has 0 aliphatic heterocycles. The first kappa shape index (κ1) is 25.5. The molecule has 1 atom stereocenters. The summed E-state index contributed by atoms with van der Waals surface area (Å²) in [7, 11) is -3.81. The van der Waals surface area contributed by atoms with Crippen molar-refractivity contribution in [3.8, 4) is 0 Å². The number of rotatable bonds is 13. The fraction of sp³-hybridized carbons (Fsp3) is 0.650. The molecule has 8 nitrogen and oxygen atoms in total. The minimum absolute atomic E-state index is 0.0727. The molecule has 1 aromatic rings. The van der Waals surface area contributed by atoms with Crippen molar-refractivity contribution in [3.63, 3.8) is 0 Å². The second-order valence-electron chi connectivity index (χ2n) is 7.43. The third kappa shape index (κ3) is 11.3. The summed E-state index contributed by atoms with van der Waals surface area (Å²) >= 11 is 0. The summed E-state index contributed by atoms with van der Waals surface area (Å²) in [5, 5.41) is 0. The van der Waals surface area contributed by atoms with E-state index >= 15 is 0 Å². The zero-order valence-electron chi connectivity index (χ0n) is 17.8. The van der Waals surface area contributed by atoms with Gasteiger partial charge in [0.05, 0.1) is 37.2 Å². The van der Waals surface area contributed by atoms with E-state index in [1.165, 1.54) is 12.1 Å². The summed E-state index contributed by atoms with van der Waals surface area (Å²) in [4.78, 5) is 21.7. The first-order valence-corrected chi connectivity index (χ1v) is 11.0. The van der Waals surface area contributed by atoms with Crippen molar-refractivity contribution in [1.29, 1.82) is 0 Å². The predicted molar refractivity (Wildman–Crippen MR) is 107 cm³/mol. The number of carbonyl (C=O) groups excluding carboxylic acids is 1. The van der Waals surface area contributed by atoms with Crippen LogP contribution >= 0.6 is 0 Å². The first-order chi connectivity index (χ1) is 13.5. The van der Waals surface area contributed by atoms with Crippen molar-refractivity contribution < 1.29 is 36.6 Å². The average Bonchev–Trinajstić information content (AvgIpc) is 2.62. The van der Waals surface area contributed by atoms with Crippen LogP contribution in [0.4, 0.5) is 0 Å². The number of hydrogen-bond donors (Lipinski definition) is 0. The highest BCUT2D eigenvalue weighted by molar-refractivity contribution is 7.86. The molecule has 0 aliphatic carbocycles. The van der Waals surface area contributed by atoms with Gasteiger partial charge in [-0.05, 0) is 46.2 Å². The number of ether oxygens (including phenoxy) is 2. The van der Waals surface area contributed by atoms with Crippen molar-refractivity contribution in [2.75, 3.05) is 26.4 Å². The zero-order chi connectivity index (χ0) is 21.9. The Kier molecular flexibility index (Phi) is 10.8. The van der Waals surface area contributed by atoms with Crippen LogP contribution in [0.15, 0.2) is 29.2 Å². The zero-order valence-corrected chi connectivity index (χ0v) is 18.6. The second kappa shape index (κ2) is 12.2. The summed E-state index contributed by atoms with van der Waals surface area (Å²) in [6.07, 6.45) is 0.432. The van der Waals surface area contributed by atoms with E-state index in [4.69, 9.17) is 23.4 Å². The quantitative estimate of drug-likeness (QED) is 0.154. The Morgan fingerprint density at radius 2 is 1.69 bits per heavy atom. The van der Waals surface area contributed by atoms with Crippen LogP contribution in [0.3, 0.4) is 0 Å². The molecule has 1 unspecified atom stereocenters. The van der Waals surface area contributed by atoms with Gasteiger partial charge in [-0.2, -0.15) is 8.42 Å². The summed E-state index contributed by atoms with van der Waals surface area (Å²) in [6.45, 7) is 9.36. The van der Waals surface area contributed by atoms with Crippen LogP contribution in [-0.2, 0) is 38.3 Å². The Morgan fingerprint density at radius 3 is 2.28 bits per heavy atom. The maximum atomic E-state index is 12.1. The minimum atomic E-state index is -3.81. The van der Waals surface area contributed by atoms with Crippen molar-refractivity contribution in [3.05, 3.63) is 29.8 Å². The van der Waals surface area contributed by atoms with Gasteiger partial charge in [-0.3, -0.25) is 8.98 Å². The third-order valence-electron chi connectivity index (χ3n) is 3.59. The van der Waals surface area contributed by atoms with E-state index in [2.05, 4.69) is 0 Å². The molecule has 29 heavy (non-hydrogen) atoms. The molecule has 1 aromatic carbocycles. The van der Waals surface area contributed by atoms with Gasteiger partial charge < -0.3 is 9.47 Å². The Bertz CT molecular complexity index is 707. The summed E-state index contributed by atoms with van der Waals surface area (Å²) in [5.41, 5.74) is 0.431. The van der Waals surface area contributed by atoms with E-state index in [-0.39, 0.29) is 49.8 Å². The molecule has 0 radical (unpaired) electrons. The molecule has 0 bridgehead atoms. The van der Waals surface area contributed by atoms with Gasteiger partial charge in [0.25, 0.3) is 10.1 Å². The molecule has 0 aromatic heterocycles. The smallest absolute Gasteiger partial charge is 0.308 e. The van der Waals surface area contributed by atoms with Crippen LogP contribution in [0, 0.1) is 6.92 Å². The SMILES string of the molecule is CCC(COOCCC(=O)OC(C)(C)C)OCCOS(=O)(=O)c1ccc(C)cc1. The lowest BCUT2D eigenvalue weighted by Gasteiger charge is -2.19. The third-order valence-corrected chi connectivity index (χ3v) is 4.91. The average molecular weight is 433 g/mol. The molecule has 0 heterocycles. The minimum Gasteiger partial charge on any atom is -0.460 e. The molecule has 0 fully saturated rings. The molecule has 166 valence electrons. The molecular weight excluding hydrogens is 400 g/mol. The topological polar surface area (TPSA) is 97.4 Å². The number of benzene rings is 1. The highest BCUT2D eigenvalue weighted by atomic mass is 32.2. The second-order valence-corrected chi connectivity index (χ2v) is 9.05. The standard InChI is InChI=1S/C20H32O8S/c1-6-17(15-26-25-12-11-19(21)28-20(3,4)5)24-13-14-27-29(22,23)18-9-7-16(2)8-10-18/h7-10,17H,6,11-15H2,1-5H3. The lowest BCUT2D eigenvalue weighted by molar-refractivity contribution is -0.307. The number of carbonyl (C=O) groups is 1. The van der Waals surface area contributed by atoms with Crippen molar-refractivity contribution in [1.82, 2.24) is 0 Å². The van der Waals surface area contributed by atoms with E-state index in [1.54, 1.807) is 32.9 Å². The molecule has 0 spiro atoms. The number of aryl methyl sites for hydroxylation is 1. The molecule has 0 N–H and O–H groups in total. The van der Waals surface area contributed by atoms with Crippen LogP contribution in [0.25, 0.3) is 0 Å². The molecular formula is C20H32O8S. The highest BCUT2D eigenvalue weighted by Gasteiger charge is 2.17. The van der Waals surface area contributed by atoms with Crippen LogP contribution in [0.5, 0.6) is 0 Å². The molecule has 9 heteroatoms. The Balaban J connectivity index is 2.21. The Labute approximate surface area is 173 Å². The van der Waals surface area contributed by atoms with Crippen molar-refractivity contribution in [2.24, 2.45) is 0 Å². The van der Waals surface area contributed by atoms with E-state index in [1.807, 2.05) is 13.8 Å². The lowest BCUT2D eigenvalue weighted by atomic mass is 10.2. The fourth-order valence-corrected chi connectivity index (χ4v) is 3.01. The monoisotopic (exact) mass is 432 g/mol. The van der Waals surface area contributed by atoms with Crippen LogP contribution in [-0.4, -0.2) is 52.5 Å². The van der Waals surface area contributed by atoms with Crippen LogP contribution in [0.2, 0.25) is 0 Å². The van der Waals surface area contributed by atoms with Gasteiger partial charge in [0.15, 0.2) is 0 Å². The van der Waals surface area contributed by atoms with Gasteiger partial charge >= 0.3 is 5.97 Å². The van der Waals surface area contributed by atoms with Gasteiger partial charge in [0.2, 0.25) is 0 Å². The maximum Gasteiger partial charge on any atom is 0.308 e. The normalized spacial score (nSPS) is 13.3.